The summed E-state index contributed by atoms with van der Waals surface area (Å²) >= 11 is 0. The molecule has 7 heteroatoms. The first-order chi connectivity index (χ1) is 9.99. The van der Waals surface area contributed by atoms with Gasteiger partial charge < -0.3 is 14.9 Å². The van der Waals surface area contributed by atoms with E-state index in [9.17, 15) is 14.4 Å². The Morgan fingerprint density at radius 1 is 1.14 bits per heavy atom. The molecule has 0 unspecified atom stereocenters. The lowest BCUT2D eigenvalue weighted by atomic mass is 10.2. The van der Waals surface area contributed by atoms with Gasteiger partial charge in [0, 0.05) is 44.9 Å². The van der Waals surface area contributed by atoms with Crippen molar-refractivity contribution in [3.63, 3.8) is 0 Å². The van der Waals surface area contributed by atoms with Crippen LogP contribution < -0.4 is 0 Å². The zero-order valence-corrected chi connectivity index (χ0v) is 11.8. The van der Waals surface area contributed by atoms with Crippen molar-refractivity contribution in [1.82, 2.24) is 14.8 Å². The largest absolute Gasteiger partial charge is 0.477 e. The number of carboxylic acid groups (broad SMARTS) is 1. The molecular weight excluding hydrogens is 274 g/mol. The number of carbonyl (C=O) groups is 3. The van der Waals surface area contributed by atoms with Gasteiger partial charge in [0.2, 0.25) is 5.91 Å². The maximum absolute atomic E-state index is 12.4. The minimum Gasteiger partial charge on any atom is -0.477 e. The standard InChI is InChI=1S/C14H17N3O4/c1-10(18)16-5-2-6-17(8-7-16)13(19)11-3-4-15-12(9-11)14(20)21/h3-4,9H,2,5-8H2,1H3,(H,20,21). The first-order valence-corrected chi connectivity index (χ1v) is 6.73. The van der Waals surface area contributed by atoms with Gasteiger partial charge in [-0.2, -0.15) is 0 Å². The molecule has 1 aliphatic heterocycles. The van der Waals surface area contributed by atoms with Crippen molar-refractivity contribution >= 4 is 17.8 Å². The number of amides is 2. The second-order valence-electron chi connectivity index (χ2n) is 4.89. The topological polar surface area (TPSA) is 90.8 Å². The van der Waals surface area contributed by atoms with E-state index >= 15 is 0 Å². The molecule has 2 heterocycles. The number of pyridine rings is 1. The van der Waals surface area contributed by atoms with Crippen molar-refractivity contribution in [3.8, 4) is 0 Å². The molecule has 1 fully saturated rings. The van der Waals surface area contributed by atoms with Gasteiger partial charge in [-0.25, -0.2) is 9.78 Å². The molecule has 1 aliphatic rings. The lowest BCUT2D eigenvalue weighted by Gasteiger charge is -2.21. The third kappa shape index (κ3) is 3.56. The molecule has 7 nitrogen and oxygen atoms in total. The van der Waals surface area contributed by atoms with Gasteiger partial charge in [-0.15, -0.1) is 0 Å². The van der Waals surface area contributed by atoms with Crippen LogP contribution in [-0.4, -0.2) is 63.9 Å². The number of aromatic nitrogens is 1. The van der Waals surface area contributed by atoms with Crippen LogP contribution in [0, 0.1) is 0 Å². The van der Waals surface area contributed by atoms with Gasteiger partial charge in [0.15, 0.2) is 0 Å². The van der Waals surface area contributed by atoms with E-state index in [2.05, 4.69) is 4.98 Å². The second-order valence-corrected chi connectivity index (χ2v) is 4.89. The van der Waals surface area contributed by atoms with Crippen LogP contribution >= 0.6 is 0 Å². The van der Waals surface area contributed by atoms with Crippen molar-refractivity contribution in [2.24, 2.45) is 0 Å². The molecule has 2 rings (SSSR count). The first kappa shape index (κ1) is 15.0. The molecule has 21 heavy (non-hydrogen) atoms. The molecule has 1 aromatic heterocycles. The zero-order valence-electron chi connectivity index (χ0n) is 11.8. The highest BCUT2D eigenvalue weighted by Crippen LogP contribution is 2.10. The van der Waals surface area contributed by atoms with Crippen LogP contribution in [0.4, 0.5) is 0 Å². The Morgan fingerprint density at radius 2 is 1.81 bits per heavy atom. The van der Waals surface area contributed by atoms with Gasteiger partial charge in [-0.1, -0.05) is 0 Å². The summed E-state index contributed by atoms with van der Waals surface area (Å²) in [5.74, 6) is -1.39. The predicted octanol–water partition coefficient (Wildman–Crippen LogP) is 0.474. The lowest BCUT2D eigenvalue weighted by molar-refractivity contribution is -0.128. The Balaban J connectivity index is 2.11. The van der Waals surface area contributed by atoms with Crippen molar-refractivity contribution in [3.05, 3.63) is 29.6 Å². The number of carbonyl (C=O) groups excluding carboxylic acids is 2. The van der Waals surface area contributed by atoms with Gasteiger partial charge in [0.05, 0.1) is 0 Å². The SMILES string of the molecule is CC(=O)N1CCCN(C(=O)c2ccnc(C(=O)O)c2)CC1. The summed E-state index contributed by atoms with van der Waals surface area (Å²) < 4.78 is 0. The molecule has 0 radical (unpaired) electrons. The quantitative estimate of drug-likeness (QED) is 0.855. The molecule has 0 aromatic carbocycles. The summed E-state index contributed by atoms with van der Waals surface area (Å²) in [4.78, 5) is 41.7. The highest BCUT2D eigenvalue weighted by atomic mass is 16.4. The number of aromatic carboxylic acids is 1. The fourth-order valence-corrected chi connectivity index (χ4v) is 2.30. The minimum atomic E-state index is -1.16. The molecule has 1 aromatic rings. The van der Waals surface area contributed by atoms with Gasteiger partial charge in [-0.3, -0.25) is 9.59 Å². The van der Waals surface area contributed by atoms with Gasteiger partial charge in [0.1, 0.15) is 5.69 Å². The highest BCUT2D eigenvalue weighted by molar-refractivity contribution is 5.96. The van der Waals surface area contributed by atoms with Crippen LogP contribution in [0.5, 0.6) is 0 Å². The molecule has 112 valence electrons. The summed E-state index contributed by atoms with van der Waals surface area (Å²) in [5, 5.41) is 8.91. The molecule has 1 saturated heterocycles. The zero-order chi connectivity index (χ0) is 15.4. The van der Waals surface area contributed by atoms with E-state index < -0.39 is 5.97 Å². The molecule has 0 spiro atoms. The van der Waals surface area contributed by atoms with Crippen LogP contribution in [0.15, 0.2) is 18.3 Å². The van der Waals surface area contributed by atoms with Gasteiger partial charge in [-0.05, 0) is 18.6 Å². The normalized spacial score (nSPS) is 15.5. The van der Waals surface area contributed by atoms with Gasteiger partial charge >= 0.3 is 5.97 Å². The summed E-state index contributed by atoms with van der Waals surface area (Å²) in [5.41, 5.74) is 0.153. The van der Waals surface area contributed by atoms with E-state index in [1.54, 1.807) is 9.80 Å². The maximum atomic E-state index is 12.4. The number of hydrogen-bond acceptors (Lipinski definition) is 4. The summed E-state index contributed by atoms with van der Waals surface area (Å²) in [7, 11) is 0. The molecular formula is C14H17N3O4. The summed E-state index contributed by atoms with van der Waals surface area (Å²) in [6.45, 7) is 3.64. The number of nitrogens with zero attached hydrogens (tertiary/aromatic N) is 3. The summed E-state index contributed by atoms with van der Waals surface area (Å²) in [6, 6.07) is 2.78. The van der Waals surface area contributed by atoms with Crippen molar-refractivity contribution < 1.29 is 19.5 Å². The fraction of sp³-hybridized carbons (Fsp3) is 0.429. The van der Waals surface area contributed by atoms with Crippen LogP contribution in [-0.2, 0) is 4.79 Å². The van der Waals surface area contributed by atoms with Crippen LogP contribution in [0.3, 0.4) is 0 Å². The first-order valence-electron chi connectivity index (χ1n) is 6.73. The maximum Gasteiger partial charge on any atom is 0.354 e. The fourth-order valence-electron chi connectivity index (χ4n) is 2.30. The van der Waals surface area contributed by atoms with Crippen molar-refractivity contribution in [2.45, 2.75) is 13.3 Å². The second kappa shape index (κ2) is 6.34. The predicted molar refractivity (Wildman–Crippen MR) is 74.0 cm³/mol. The van der Waals surface area contributed by atoms with E-state index in [-0.39, 0.29) is 17.5 Å². The molecule has 0 bridgehead atoms. The molecule has 0 atom stereocenters. The van der Waals surface area contributed by atoms with E-state index in [1.165, 1.54) is 25.3 Å². The van der Waals surface area contributed by atoms with E-state index in [0.717, 1.165) is 0 Å². The molecule has 1 N–H and O–H groups in total. The summed E-state index contributed by atoms with van der Waals surface area (Å²) in [6.07, 6.45) is 2.03. The van der Waals surface area contributed by atoms with E-state index in [0.29, 0.717) is 38.2 Å². The average molecular weight is 291 g/mol. The van der Waals surface area contributed by atoms with Crippen LogP contribution in [0.25, 0.3) is 0 Å². The average Bonchev–Trinajstić information content (AvgIpc) is 2.72. The van der Waals surface area contributed by atoms with Crippen LogP contribution in [0.1, 0.15) is 34.2 Å². The Morgan fingerprint density at radius 3 is 2.48 bits per heavy atom. The third-order valence-corrected chi connectivity index (χ3v) is 3.45. The Hall–Kier alpha value is -2.44. The van der Waals surface area contributed by atoms with Crippen LogP contribution in [0.2, 0.25) is 0 Å². The van der Waals surface area contributed by atoms with Crippen molar-refractivity contribution in [2.75, 3.05) is 26.2 Å². The molecule has 0 aliphatic carbocycles. The van der Waals surface area contributed by atoms with E-state index in [1.807, 2.05) is 0 Å². The Bertz CT molecular complexity index is 573. The number of rotatable bonds is 2. The Labute approximate surface area is 122 Å². The highest BCUT2D eigenvalue weighted by Gasteiger charge is 2.22. The third-order valence-electron chi connectivity index (χ3n) is 3.45. The molecule has 0 saturated carbocycles. The van der Waals surface area contributed by atoms with E-state index in [4.69, 9.17) is 5.11 Å². The monoisotopic (exact) mass is 291 g/mol. The minimum absolute atomic E-state index is 0.00127. The van der Waals surface area contributed by atoms with Crippen molar-refractivity contribution in [1.29, 1.82) is 0 Å². The number of carboxylic acids is 1. The van der Waals surface area contributed by atoms with Gasteiger partial charge in [0.25, 0.3) is 5.91 Å². The lowest BCUT2D eigenvalue weighted by Crippen LogP contribution is -2.36. The Kier molecular flexibility index (Phi) is 4.52. The smallest absolute Gasteiger partial charge is 0.354 e. The molecule has 2 amide bonds. The number of hydrogen-bond donors (Lipinski definition) is 1.